The number of carbonyl (C=O) groups excluding carboxylic acids is 2. The Labute approximate surface area is 239 Å². The molecule has 0 saturated carbocycles. The molecule has 1 aliphatic rings. The van der Waals surface area contributed by atoms with Crippen LogP contribution in [0.1, 0.15) is 48.0 Å². The van der Waals surface area contributed by atoms with E-state index in [-0.39, 0.29) is 13.0 Å². The van der Waals surface area contributed by atoms with Gasteiger partial charge in [-0.2, -0.15) is 5.10 Å². The first-order valence-electron chi connectivity index (χ1n) is 13.4. The minimum Gasteiger partial charge on any atom is -0.497 e. The number of aliphatic carboxylic acids is 1. The maximum absolute atomic E-state index is 13.8. The number of amides is 3. The van der Waals surface area contributed by atoms with E-state index in [1.165, 1.54) is 4.90 Å². The van der Waals surface area contributed by atoms with Crippen molar-refractivity contribution in [2.45, 2.75) is 71.7 Å². The summed E-state index contributed by atoms with van der Waals surface area (Å²) in [5.41, 5.74) is -0.597. The van der Waals surface area contributed by atoms with Crippen molar-refractivity contribution in [3.63, 3.8) is 0 Å². The molecule has 12 nitrogen and oxygen atoms in total. The Morgan fingerprint density at radius 1 is 1.12 bits per heavy atom. The Hall–Kier alpha value is -4.35. The van der Waals surface area contributed by atoms with Gasteiger partial charge in [-0.15, -0.1) is 0 Å². The molecule has 1 fully saturated rings. The summed E-state index contributed by atoms with van der Waals surface area (Å²) in [6, 6.07) is 6.31. The van der Waals surface area contributed by atoms with Crippen molar-refractivity contribution in [3.05, 3.63) is 42.7 Å². The molecule has 220 valence electrons. The molecule has 41 heavy (non-hydrogen) atoms. The molecule has 3 heterocycles. The lowest BCUT2D eigenvalue weighted by Crippen LogP contribution is -2.60. The highest BCUT2D eigenvalue weighted by molar-refractivity contribution is 5.91. The maximum atomic E-state index is 13.8. The molecule has 0 radical (unpaired) electrons. The fraction of sp³-hybridized carbons (Fsp3) is 0.483. The number of pyridine rings is 1. The van der Waals surface area contributed by atoms with Crippen molar-refractivity contribution in [1.82, 2.24) is 30.3 Å². The third-order valence-electron chi connectivity index (χ3n) is 6.71. The van der Waals surface area contributed by atoms with Crippen LogP contribution in [0.3, 0.4) is 0 Å². The number of carboxylic acid groups (broad SMARTS) is 1. The Bertz CT molecular complexity index is 1430. The molecule has 3 N–H and O–H groups in total. The lowest BCUT2D eigenvalue weighted by atomic mass is 9.85. The first kappa shape index (κ1) is 29.6. The largest absolute Gasteiger partial charge is 0.497 e. The number of hydrogen-bond donors (Lipinski definition) is 3. The Kier molecular flexibility index (Phi) is 8.14. The first-order chi connectivity index (χ1) is 19.2. The van der Waals surface area contributed by atoms with Crippen LogP contribution in [0.4, 0.5) is 4.79 Å². The van der Waals surface area contributed by atoms with Crippen molar-refractivity contribution < 1.29 is 29.0 Å². The van der Waals surface area contributed by atoms with Gasteiger partial charge in [-0.3, -0.25) is 4.79 Å². The minimum atomic E-state index is -1.14. The number of carbonyl (C=O) groups is 3. The van der Waals surface area contributed by atoms with Crippen LogP contribution < -0.4 is 20.1 Å². The van der Waals surface area contributed by atoms with Gasteiger partial charge in [0, 0.05) is 41.9 Å². The SMILES string of the molecule is COc1ccc2c(O[C@@H]3C[C@@H](C(=O)O)N(C(=O)C(NC(=O)NC(C)(C)C)C(C)(C)C)C3)cc(-n3cccn3)nc2c1. The van der Waals surface area contributed by atoms with Gasteiger partial charge in [-0.25, -0.2) is 19.3 Å². The number of ether oxygens (including phenoxy) is 2. The van der Waals surface area contributed by atoms with Gasteiger partial charge < -0.3 is 30.1 Å². The summed E-state index contributed by atoms with van der Waals surface area (Å²) in [6.07, 6.45) is 2.84. The van der Waals surface area contributed by atoms with E-state index >= 15 is 0 Å². The number of nitrogens with one attached hydrogen (secondary N) is 2. The highest BCUT2D eigenvalue weighted by Crippen LogP contribution is 2.33. The van der Waals surface area contributed by atoms with Crippen LogP contribution in [0.25, 0.3) is 16.7 Å². The van der Waals surface area contributed by atoms with E-state index in [9.17, 15) is 19.5 Å². The molecule has 0 aliphatic carbocycles. The molecule has 0 spiro atoms. The summed E-state index contributed by atoms with van der Waals surface area (Å²) in [4.78, 5) is 44.8. The molecule has 1 unspecified atom stereocenters. The monoisotopic (exact) mass is 566 g/mol. The standard InChI is InChI=1S/C29H38N6O6/c1-28(2,3)24(32-27(39)33-29(4,5)6)25(36)34-16-18(14-21(34)26(37)38)41-22-15-23(35-12-8-11-30-35)31-20-13-17(40-7)9-10-19(20)22/h8-13,15,18,21,24H,14,16H2,1-7H3,(H,37,38)(H2,32,33,39)/t18-,21+,24?/m1/s1. The highest BCUT2D eigenvalue weighted by Gasteiger charge is 2.46. The van der Waals surface area contributed by atoms with Crippen LogP contribution in [0.5, 0.6) is 11.5 Å². The Balaban J connectivity index is 1.63. The molecular formula is C29H38N6O6. The number of methoxy groups -OCH3 is 1. The number of likely N-dealkylation sites (tertiary alicyclic amines) is 1. The van der Waals surface area contributed by atoms with E-state index in [0.29, 0.717) is 28.2 Å². The average molecular weight is 567 g/mol. The Morgan fingerprint density at radius 2 is 1.85 bits per heavy atom. The molecule has 0 bridgehead atoms. The summed E-state index contributed by atoms with van der Waals surface area (Å²) in [6.45, 7) is 11.0. The zero-order valence-corrected chi connectivity index (χ0v) is 24.5. The summed E-state index contributed by atoms with van der Waals surface area (Å²) in [5, 5.41) is 20.6. The number of hydrogen-bond acceptors (Lipinski definition) is 7. The van der Waals surface area contributed by atoms with Gasteiger partial charge in [0.05, 0.1) is 19.2 Å². The van der Waals surface area contributed by atoms with Gasteiger partial charge in [0.15, 0.2) is 5.82 Å². The normalized spacial score (nSPS) is 18.2. The fourth-order valence-corrected chi connectivity index (χ4v) is 4.77. The van der Waals surface area contributed by atoms with Gasteiger partial charge in [-0.1, -0.05) is 20.8 Å². The second-order valence-electron chi connectivity index (χ2n) is 12.3. The van der Waals surface area contributed by atoms with E-state index in [1.807, 2.05) is 47.6 Å². The molecule has 1 aromatic carbocycles. The topological polar surface area (TPSA) is 148 Å². The smallest absolute Gasteiger partial charge is 0.326 e. The number of urea groups is 1. The molecule has 3 amide bonds. The molecule has 2 aromatic heterocycles. The van der Waals surface area contributed by atoms with Gasteiger partial charge in [0.25, 0.3) is 0 Å². The summed E-state index contributed by atoms with van der Waals surface area (Å²) < 4.78 is 13.4. The molecule has 3 aromatic rings. The molecule has 4 rings (SSSR count). The Morgan fingerprint density at radius 3 is 2.44 bits per heavy atom. The van der Waals surface area contributed by atoms with Crippen molar-refractivity contribution in [3.8, 4) is 17.3 Å². The summed E-state index contributed by atoms with van der Waals surface area (Å²) in [5.74, 6) is -0.0252. The summed E-state index contributed by atoms with van der Waals surface area (Å²) >= 11 is 0. The second kappa shape index (κ2) is 11.3. The molecule has 1 aliphatic heterocycles. The minimum absolute atomic E-state index is 0.0298. The zero-order chi connectivity index (χ0) is 30.1. The number of fused-ring (bicyclic) bond motifs is 1. The number of benzene rings is 1. The van der Waals surface area contributed by atoms with Crippen LogP contribution in [0.2, 0.25) is 0 Å². The number of aromatic nitrogens is 3. The lowest BCUT2D eigenvalue weighted by Gasteiger charge is -2.35. The van der Waals surface area contributed by atoms with E-state index < -0.39 is 47.0 Å². The van der Waals surface area contributed by atoms with Crippen LogP contribution in [0, 0.1) is 5.41 Å². The fourth-order valence-electron chi connectivity index (χ4n) is 4.77. The number of nitrogens with zero attached hydrogens (tertiary/aromatic N) is 4. The van der Waals surface area contributed by atoms with E-state index in [2.05, 4.69) is 20.7 Å². The maximum Gasteiger partial charge on any atom is 0.326 e. The van der Waals surface area contributed by atoms with Crippen molar-refractivity contribution in [1.29, 1.82) is 0 Å². The predicted molar refractivity (Wildman–Crippen MR) is 152 cm³/mol. The van der Waals surface area contributed by atoms with Crippen LogP contribution in [-0.4, -0.2) is 80.1 Å². The summed E-state index contributed by atoms with van der Waals surface area (Å²) in [7, 11) is 1.57. The molecule has 12 heteroatoms. The van der Waals surface area contributed by atoms with Crippen molar-refractivity contribution >= 4 is 28.8 Å². The van der Waals surface area contributed by atoms with E-state index in [1.54, 1.807) is 48.5 Å². The first-order valence-corrected chi connectivity index (χ1v) is 13.4. The van der Waals surface area contributed by atoms with Gasteiger partial charge >= 0.3 is 12.0 Å². The zero-order valence-electron chi connectivity index (χ0n) is 24.5. The second-order valence-corrected chi connectivity index (χ2v) is 12.3. The van der Waals surface area contributed by atoms with Gasteiger partial charge in [0.1, 0.15) is 29.7 Å². The van der Waals surface area contributed by atoms with Gasteiger partial charge in [0.2, 0.25) is 5.91 Å². The van der Waals surface area contributed by atoms with E-state index in [4.69, 9.17) is 9.47 Å². The van der Waals surface area contributed by atoms with Gasteiger partial charge in [-0.05, 0) is 44.4 Å². The number of carboxylic acids is 1. The average Bonchev–Trinajstić information content (AvgIpc) is 3.55. The third-order valence-corrected chi connectivity index (χ3v) is 6.71. The van der Waals surface area contributed by atoms with Crippen LogP contribution in [-0.2, 0) is 9.59 Å². The highest BCUT2D eigenvalue weighted by atomic mass is 16.5. The molecular weight excluding hydrogens is 528 g/mol. The van der Waals surface area contributed by atoms with Crippen LogP contribution in [0.15, 0.2) is 42.7 Å². The number of rotatable bonds is 7. The van der Waals surface area contributed by atoms with E-state index in [0.717, 1.165) is 0 Å². The van der Waals surface area contributed by atoms with Crippen LogP contribution >= 0.6 is 0 Å². The predicted octanol–water partition coefficient (Wildman–Crippen LogP) is 3.37. The molecule has 1 saturated heterocycles. The quantitative estimate of drug-likeness (QED) is 0.394. The third kappa shape index (κ3) is 6.87. The molecule has 3 atom stereocenters. The lowest BCUT2D eigenvalue weighted by molar-refractivity contribution is -0.150. The van der Waals surface area contributed by atoms with Crippen molar-refractivity contribution in [2.24, 2.45) is 5.41 Å². The van der Waals surface area contributed by atoms with Crippen molar-refractivity contribution in [2.75, 3.05) is 13.7 Å².